The van der Waals surface area contributed by atoms with Crippen molar-refractivity contribution < 1.29 is 4.74 Å². The van der Waals surface area contributed by atoms with Crippen molar-refractivity contribution in [3.8, 4) is 5.75 Å². The van der Waals surface area contributed by atoms with E-state index in [4.69, 9.17) is 10.5 Å². The second-order valence-electron chi connectivity index (χ2n) is 6.26. The summed E-state index contributed by atoms with van der Waals surface area (Å²) >= 11 is 0. The van der Waals surface area contributed by atoms with Crippen LogP contribution in [0, 0.1) is 6.92 Å². The van der Waals surface area contributed by atoms with Crippen LogP contribution < -0.4 is 10.5 Å². The van der Waals surface area contributed by atoms with Crippen LogP contribution in [0.15, 0.2) is 48.5 Å². The zero-order chi connectivity index (χ0) is 16.4. The normalized spacial score (nSPS) is 11.3. The van der Waals surface area contributed by atoms with Crippen molar-refractivity contribution in [2.24, 2.45) is 5.73 Å². The number of hydrogen-bond acceptors (Lipinski definition) is 2. The highest BCUT2D eigenvalue weighted by molar-refractivity contribution is 5.84. The van der Waals surface area contributed by atoms with Gasteiger partial charge in [0.1, 0.15) is 12.4 Å². The summed E-state index contributed by atoms with van der Waals surface area (Å²) in [4.78, 5) is 0. The van der Waals surface area contributed by atoms with Gasteiger partial charge >= 0.3 is 0 Å². The van der Waals surface area contributed by atoms with E-state index in [1.807, 2.05) is 12.1 Å². The lowest BCUT2D eigenvalue weighted by Crippen LogP contribution is -2.10. The van der Waals surface area contributed by atoms with Gasteiger partial charge in [-0.15, -0.1) is 0 Å². The number of para-hydroxylation sites is 1. The molecule has 0 aliphatic carbocycles. The summed E-state index contributed by atoms with van der Waals surface area (Å²) in [6.07, 6.45) is 0. The SMILES string of the molecule is Cc1ccc(OCc2cc3cccc(CN)c3n2C(C)C)cc1. The minimum Gasteiger partial charge on any atom is -0.487 e. The van der Waals surface area contributed by atoms with Crippen LogP contribution in [0.25, 0.3) is 10.9 Å². The van der Waals surface area contributed by atoms with Gasteiger partial charge in [-0.2, -0.15) is 0 Å². The Hall–Kier alpha value is -2.26. The summed E-state index contributed by atoms with van der Waals surface area (Å²) in [5, 5.41) is 1.23. The summed E-state index contributed by atoms with van der Waals surface area (Å²) in [6.45, 7) is 7.57. The van der Waals surface area contributed by atoms with E-state index in [-0.39, 0.29) is 0 Å². The van der Waals surface area contributed by atoms with Gasteiger partial charge in [-0.1, -0.05) is 35.9 Å². The van der Waals surface area contributed by atoms with Crippen molar-refractivity contribution in [3.63, 3.8) is 0 Å². The molecule has 0 saturated carbocycles. The second kappa shape index (κ2) is 6.47. The topological polar surface area (TPSA) is 40.2 Å². The molecular weight excluding hydrogens is 284 g/mol. The molecule has 0 amide bonds. The van der Waals surface area contributed by atoms with Gasteiger partial charge in [-0.05, 0) is 44.5 Å². The van der Waals surface area contributed by atoms with E-state index in [2.05, 4.69) is 61.7 Å². The Labute approximate surface area is 137 Å². The van der Waals surface area contributed by atoms with E-state index in [1.54, 1.807) is 0 Å². The summed E-state index contributed by atoms with van der Waals surface area (Å²) in [5.74, 6) is 0.898. The lowest BCUT2D eigenvalue weighted by atomic mass is 10.1. The van der Waals surface area contributed by atoms with Crippen LogP contribution in [-0.4, -0.2) is 4.57 Å². The van der Waals surface area contributed by atoms with Crippen molar-refractivity contribution in [1.29, 1.82) is 0 Å². The average Bonchev–Trinajstić information content (AvgIpc) is 2.93. The number of rotatable bonds is 5. The van der Waals surface area contributed by atoms with Crippen molar-refractivity contribution in [2.75, 3.05) is 0 Å². The third kappa shape index (κ3) is 3.10. The number of benzene rings is 2. The third-order valence-corrected chi connectivity index (χ3v) is 4.17. The van der Waals surface area contributed by atoms with E-state index < -0.39 is 0 Å². The first-order chi connectivity index (χ1) is 11.1. The van der Waals surface area contributed by atoms with Crippen LogP contribution >= 0.6 is 0 Å². The molecule has 3 aromatic rings. The fraction of sp³-hybridized carbons (Fsp3) is 0.300. The Bertz CT molecular complexity index is 800. The number of nitrogens with two attached hydrogens (primary N) is 1. The van der Waals surface area contributed by atoms with Gasteiger partial charge < -0.3 is 15.0 Å². The van der Waals surface area contributed by atoms with E-state index in [1.165, 1.54) is 27.7 Å². The maximum Gasteiger partial charge on any atom is 0.128 e. The molecule has 23 heavy (non-hydrogen) atoms. The molecule has 3 heteroatoms. The molecule has 3 rings (SSSR count). The largest absolute Gasteiger partial charge is 0.487 e. The highest BCUT2D eigenvalue weighted by atomic mass is 16.5. The second-order valence-corrected chi connectivity index (χ2v) is 6.26. The number of hydrogen-bond donors (Lipinski definition) is 1. The molecule has 2 aromatic carbocycles. The Morgan fingerprint density at radius 3 is 2.48 bits per heavy atom. The van der Waals surface area contributed by atoms with Gasteiger partial charge in [0.15, 0.2) is 0 Å². The smallest absolute Gasteiger partial charge is 0.128 e. The van der Waals surface area contributed by atoms with Crippen molar-refractivity contribution in [1.82, 2.24) is 4.57 Å². The summed E-state index contributed by atoms with van der Waals surface area (Å²) in [6, 6.07) is 17.1. The first kappa shape index (κ1) is 15.6. The zero-order valence-corrected chi connectivity index (χ0v) is 14.0. The molecular formula is C20H24N2O. The zero-order valence-electron chi connectivity index (χ0n) is 14.0. The van der Waals surface area contributed by atoms with E-state index in [0.717, 1.165) is 5.75 Å². The standard InChI is InChI=1S/C20H24N2O/c1-14(2)22-18(13-23-19-9-7-15(3)8-10-19)11-16-5-4-6-17(12-21)20(16)22/h4-11,14H,12-13,21H2,1-3H3. The van der Waals surface area contributed by atoms with Crippen molar-refractivity contribution in [3.05, 3.63) is 65.4 Å². The maximum absolute atomic E-state index is 5.99. The van der Waals surface area contributed by atoms with Crippen LogP contribution in [0.3, 0.4) is 0 Å². The Balaban J connectivity index is 1.96. The number of aryl methyl sites for hydroxylation is 1. The highest BCUT2D eigenvalue weighted by Crippen LogP contribution is 2.28. The number of nitrogens with zero attached hydrogens (tertiary/aromatic N) is 1. The maximum atomic E-state index is 5.99. The molecule has 0 atom stereocenters. The summed E-state index contributed by atoms with van der Waals surface area (Å²) < 4.78 is 8.33. The molecule has 120 valence electrons. The van der Waals surface area contributed by atoms with Crippen LogP contribution in [0.5, 0.6) is 5.75 Å². The molecule has 1 aromatic heterocycles. The number of aromatic nitrogens is 1. The molecule has 0 bridgehead atoms. The predicted octanol–water partition coefficient (Wildman–Crippen LogP) is 4.57. The average molecular weight is 308 g/mol. The molecule has 0 spiro atoms. The fourth-order valence-electron chi connectivity index (χ4n) is 3.07. The number of ether oxygens (including phenoxy) is 1. The van der Waals surface area contributed by atoms with Gasteiger partial charge in [-0.3, -0.25) is 0 Å². The first-order valence-electron chi connectivity index (χ1n) is 8.11. The minimum atomic E-state index is 0.358. The van der Waals surface area contributed by atoms with E-state index in [0.29, 0.717) is 19.2 Å². The molecule has 0 aliphatic rings. The predicted molar refractivity (Wildman–Crippen MR) is 95.7 cm³/mol. The van der Waals surface area contributed by atoms with Gasteiger partial charge in [0.2, 0.25) is 0 Å². The van der Waals surface area contributed by atoms with Crippen LogP contribution in [0.1, 0.15) is 36.7 Å². The Morgan fingerprint density at radius 1 is 1.09 bits per heavy atom. The highest BCUT2D eigenvalue weighted by Gasteiger charge is 2.14. The van der Waals surface area contributed by atoms with Crippen molar-refractivity contribution in [2.45, 2.75) is 40.0 Å². The Kier molecular flexibility index (Phi) is 4.39. The summed E-state index contributed by atoms with van der Waals surface area (Å²) in [5.41, 5.74) is 10.8. The summed E-state index contributed by atoms with van der Waals surface area (Å²) in [7, 11) is 0. The van der Waals surface area contributed by atoms with Gasteiger partial charge in [0, 0.05) is 18.0 Å². The molecule has 2 N–H and O–H groups in total. The Morgan fingerprint density at radius 2 is 1.83 bits per heavy atom. The molecule has 0 fully saturated rings. The number of fused-ring (bicyclic) bond motifs is 1. The molecule has 3 nitrogen and oxygen atoms in total. The molecule has 1 heterocycles. The van der Waals surface area contributed by atoms with E-state index in [9.17, 15) is 0 Å². The molecule has 0 saturated heterocycles. The quantitative estimate of drug-likeness (QED) is 0.750. The van der Waals surface area contributed by atoms with Gasteiger partial charge in [0.25, 0.3) is 0 Å². The van der Waals surface area contributed by atoms with Crippen LogP contribution in [0.2, 0.25) is 0 Å². The lowest BCUT2D eigenvalue weighted by molar-refractivity contribution is 0.293. The first-order valence-corrected chi connectivity index (χ1v) is 8.11. The lowest BCUT2D eigenvalue weighted by Gasteiger charge is -2.17. The van der Waals surface area contributed by atoms with Gasteiger partial charge in [0.05, 0.1) is 11.2 Å². The van der Waals surface area contributed by atoms with Crippen LogP contribution in [0.4, 0.5) is 0 Å². The van der Waals surface area contributed by atoms with E-state index >= 15 is 0 Å². The minimum absolute atomic E-state index is 0.358. The monoisotopic (exact) mass is 308 g/mol. The third-order valence-electron chi connectivity index (χ3n) is 4.17. The van der Waals surface area contributed by atoms with Crippen molar-refractivity contribution >= 4 is 10.9 Å². The van der Waals surface area contributed by atoms with Crippen LogP contribution in [-0.2, 0) is 13.2 Å². The molecule has 0 aliphatic heterocycles. The molecule has 0 radical (unpaired) electrons. The van der Waals surface area contributed by atoms with Gasteiger partial charge in [-0.25, -0.2) is 0 Å². The molecule has 0 unspecified atom stereocenters. The fourth-order valence-corrected chi connectivity index (χ4v) is 3.07.